The topological polar surface area (TPSA) is 143 Å². The van der Waals surface area contributed by atoms with Gasteiger partial charge in [0.05, 0.1) is 0 Å². The van der Waals surface area contributed by atoms with Gasteiger partial charge in [-0.3, -0.25) is 29.3 Å². The molecule has 0 spiro atoms. The summed E-state index contributed by atoms with van der Waals surface area (Å²) in [6.45, 7) is 10.8. The zero-order valence-electron chi connectivity index (χ0n) is 38.7. The Bertz CT molecular complexity index is 1940. The number of benzene rings is 4. The Hall–Kier alpha value is -6.31. The van der Waals surface area contributed by atoms with E-state index in [4.69, 9.17) is 10.0 Å². The van der Waals surface area contributed by atoms with E-state index in [1.54, 1.807) is 61.2 Å². The van der Waals surface area contributed by atoms with Gasteiger partial charge in [0.25, 0.3) is 0 Å². The van der Waals surface area contributed by atoms with Crippen molar-refractivity contribution in [1.29, 1.82) is 0 Å². The third-order valence-corrected chi connectivity index (χ3v) is 7.38. The molecule has 2 N–H and O–H groups in total. The van der Waals surface area contributed by atoms with Crippen LogP contribution in [-0.4, -0.2) is 56.0 Å². The zero-order valence-corrected chi connectivity index (χ0v) is 41.3. The van der Waals surface area contributed by atoms with Crippen LogP contribution < -0.4 is 29.6 Å². The number of aryl methyl sites for hydroxylation is 3. The van der Waals surface area contributed by atoms with Crippen molar-refractivity contribution in [3.63, 3.8) is 0 Å². The second-order valence-corrected chi connectivity index (χ2v) is 13.2. The first-order valence-corrected chi connectivity index (χ1v) is 20.6. The van der Waals surface area contributed by atoms with Crippen molar-refractivity contribution in [2.75, 3.05) is 0 Å². The van der Waals surface area contributed by atoms with Gasteiger partial charge in [-0.05, 0) is 97.6 Å². The van der Waals surface area contributed by atoms with Crippen LogP contribution in [0.5, 0.6) is 0 Å². The molecular formula is C53H57BBrN4NaO5. The van der Waals surface area contributed by atoms with Crippen molar-refractivity contribution < 1.29 is 55.4 Å². The minimum atomic E-state index is -1.17. The van der Waals surface area contributed by atoms with Gasteiger partial charge in [0.2, 0.25) is 0 Å². The van der Waals surface area contributed by atoms with E-state index in [0.29, 0.717) is 0 Å². The first-order chi connectivity index (χ1) is 31.0. The molecule has 0 saturated carbocycles. The molecule has 0 fully saturated rings. The molecule has 12 heteroatoms. The number of aromatic nitrogens is 4. The van der Waals surface area contributed by atoms with E-state index >= 15 is 0 Å². The van der Waals surface area contributed by atoms with Crippen molar-refractivity contribution >= 4 is 48.0 Å². The van der Waals surface area contributed by atoms with Gasteiger partial charge in [0.15, 0.2) is 0 Å². The van der Waals surface area contributed by atoms with E-state index in [9.17, 15) is 14.4 Å². The predicted molar refractivity (Wildman–Crippen MR) is 268 cm³/mol. The van der Waals surface area contributed by atoms with E-state index < -0.39 is 7.12 Å². The van der Waals surface area contributed by atoms with Crippen LogP contribution in [0.3, 0.4) is 0 Å². The number of hydrogen-bond acceptors (Lipinski definition) is 9. The summed E-state index contributed by atoms with van der Waals surface area (Å²) in [5.41, 5.74) is 6.58. The number of hydrogen-bond donors (Lipinski definition) is 2. The molecule has 0 amide bonds. The van der Waals surface area contributed by atoms with Crippen LogP contribution in [0.4, 0.5) is 0 Å². The Morgan fingerprint density at radius 3 is 0.769 bits per heavy atom. The molecule has 0 aliphatic rings. The number of aldehydes is 3. The summed E-state index contributed by atoms with van der Waals surface area (Å²) in [4.78, 5) is 45.9. The molecule has 4 aromatic carbocycles. The van der Waals surface area contributed by atoms with Crippen LogP contribution in [-0.2, 0) is 0 Å². The molecular weight excluding hydrogens is 886 g/mol. The van der Waals surface area contributed by atoms with E-state index in [1.165, 1.54) is 12.4 Å². The Morgan fingerprint density at radius 2 is 0.662 bits per heavy atom. The van der Waals surface area contributed by atoms with Crippen LogP contribution in [0, 0.1) is 20.8 Å². The molecule has 4 aromatic heterocycles. The second-order valence-electron chi connectivity index (χ2n) is 12.4. The van der Waals surface area contributed by atoms with E-state index in [0.717, 1.165) is 57.2 Å². The normalized spacial score (nSPS) is 8.35. The van der Waals surface area contributed by atoms with Gasteiger partial charge in [-0.15, -0.1) is 0 Å². The van der Waals surface area contributed by atoms with E-state index in [2.05, 4.69) is 42.4 Å². The minimum absolute atomic E-state index is 0. The SMILES string of the molecule is Brc1ccccn1.C=Cc1ccccc1.CB(O)O.Cc1ccccn1.Cc1ccccn1.Cc1ccccn1.O=Cc1ccccc1.O=Cc1ccccc1.O=Cc1ccccc1.[H-].[Na+]. The smallest absolute Gasteiger partial charge is 1.00 e. The third-order valence-electron chi connectivity index (χ3n) is 6.91. The maximum absolute atomic E-state index is 10.0. The van der Waals surface area contributed by atoms with E-state index in [1.807, 2.05) is 185 Å². The summed E-state index contributed by atoms with van der Waals surface area (Å²) in [6.07, 6.45) is 11.4. The van der Waals surface area contributed by atoms with Gasteiger partial charge < -0.3 is 11.5 Å². The summed E-state index contributed by atoms with van der Waals surface area (Å²) < 4.78 is 0.884. The van der Waals surface area contributed by atoms with Gasteiger partial charge >= 0.3 is 36.7 Å². The van der Waals surface area contributed by atoms with Gasteiger partial charge in [0.1, 0.15) is 23.5 Å². The van der Waals surface area contributed by atoms with Gasteiger partial charge in [0, 0.05) is 58.6 Å². The summed E-state index contributed by atoms with van der Waals surface area (Å²) in [6, 6.07) is 60.6. The molecule has 0 unspecified atom stereocenters. The summed E-state index contributed by atoms with van der Waals surface area (Å²) in [5, 5.41) is 15.2. The third kappa shape index (κ3) is 41.5. The van der Waals surface area contributed by atoms with Gasteiger partial charge in [-0.1, -0.05) is 158 Å². The molecule has 0 atom stereocenters. The Kier molecular flexibility index (Phi) is 41.4. The van der Waals surface area contributed by atoms with Crippen molar-refractivity contribution in [1.82, 2.24) is 19.9 Å². The minimum Gasteiger partial charge on any atom is -1.00 e. The molecule has 8 aromatic rings. The number of carbonyl (C=O) groups is 3. The first-order valence-electron chi connectivity index (χ1n) is 19.8. The van der Waals surface area contributed by atoms with Crippen LogP contribution in [0.1, 0.15) is 55.1 Å². The molecule has 8 rings (SSSR count). The standard InChI is InChI=1S/C8H8.3C7H6O.3C6H7N.C5H4BrN.CH5BO2.Na.H/c1-2-8-6-4-3-5-7-8;3*8-6-7-4-2-1-3-5-7;3*1-6-4-2-3-5-7-6;6-5-3-1-2-4-7-5;1-2(3)4;;/h2-7H,1H2;3*1-6H;3*2-5H,1H3;1-4H;3-4H,1H3;;/q;;;;;;;;;+1;-1. The molecule has 0 radical (unpaired) electrons. The summed E-state index contributed by atoms with van der Waals surface area (Å²) in [5.74, 6) is 0. The number of rotatable bonds is 4. The number of pyridine rings is 4. The molecule has 0 aliphatic carbocycles. The Balaban J connectivity index is -0.000000677. The molecule has 330 valence electrons. The average Bonchev–Trinajstić information content (AvgIpc) is 3.35. The second kappa shape index (κ2) is 44.3. The monoisotopic (exact) mass is 942 g/mol. The Morgan fingerprint density at radius 1 is 0.431 bits per heavy atom. The number of carbonyl (C=O) groups excluding carboxylic acids is 3. The average molecular weight is 944 g/mol. The van der Waals surface area contributed by atoms with Crippen LogP contribution in [0.15, 0.2) is 230 Å². The first kappa shape index (κ1) is 60.8. The molecule has 65 heavy (non-hydrogen) atoms. The van der Waals surface area contributed by atoms with Gasteiger partial charge in [-0.2, -0.15) is 0 Å². The van der Waals surface area contributed by atoms with Crippen molar-refractivity contribution in [2.45, 2.75) is 27.6 Å². The molecule has 9 nitrogen and oxygen atoms in total. The fraction of sp³-hybridized carbons (Fsp3) is 0.0755. The van der Waals surface area contributed by atoms with Crippen molar-refractivity contribution in [3.05, 3.63) is 269 Å². The quantitative estimate of drug-likeness (QED) is 0.100. The molecule has 4 heterocycles. The number of halogens is 1. The summed E-state index contributed by atoms with van der Waals surface area (Å²) in [7, 11) is -1.17. The van der Waals surface area contributed by atoms with Crippen LogP contribution in [0.25, 0.3) is 6.08 Å². The maximum Gasteiger partial charge on any atom is 1.00 e. The molecule has 0 saturated heterocycles. The maximum atomic E-state index is 10.0. The van der Waals surface area contributed by atoms with Crippen molar-refractivity contribution in [2.24, 2.45) is 0 Å². The van der Waals surface area contributed by atoms with Gasteiger partial charge in [-0.25, -0.2) is 4.98 Å². The zero-order chi connectivity index (χ0) is 47.3. The largest absolute Gasteiger partial charge is 1.00 e. The fourth-order valence-electron chi connectivity index (χ4n) is 3.87. The number of nitrogens with zero attached hydrogens (tertiary/aromatic N) is 4. The van der Waals surface area contributed by atoms with Crippen molar-refractivity contribution in [3.8, 4) is 0 Å². The summed E-state index contributed by atoms with van der Waals surface area (Å²) >= 11 is 3.20. The Labute approximate surface area is 417 Å². The van der Waals surface area contributed by atoms with E-state index in [-0.39, 0.29) is 31.0 Å². The molecule has 0 bridgehead atoms. The fourth-order valence-corrected chi connectivity index (χ4v) is 4.14. The predicted octanol–water partition coefficient (Wildman–Crippen LogP) is 9.05. The molecule has 0 aliphatic heterocycles. The van der Waals surface area contributed by atoms with Crippen LogP contribution >= 0.6 is 15.9 Å². The van der Waals surface area contributed by atoms with Crippen LogP contribution in [0.2, 0.25) is 6.82 Å².